The second-order valence-corrected chi connectivity index (χ2v) is 7.08. The van der Waals surface area contributed by atoms with Crippen molar-refractivity contribution in [3.63, 3.8) is 0 Å². The number of H-pyrrole nitrogens is 1. The number of piperidine rings is 1. The Kier molecular flexibility index (Phi) is 5.27. The van der Waals surface area contributed by atoms with E-state index in [2.05, 4.69) is 30.9 Å². The Bertz CT molecular complexity index is 931. The lowest BCUT2D eigenvalue weighted by Crippen LogP contribution is -2.38. The monoisotopic (exact) mass is 406 g/mol. The van der Waals surface area contributed by atoms with Gasteiger partial charge in [-0.2, -0.15) is 13.2 Å². The van der Waals surface area contributed by atoms with Crippen LogP contribution in [0.5, 0.6) is 0 Å². The van der Waals surface area contributed by atoms with Crippen LogP contribution in [0.2, 0.25) is 0 Å². The quantitative estimate of drug-likeness (QED) is 0.588. The van der Waals surface area contributed by atoms with Crippen molar-refractivity contribution in [1.29, 1.82) is 0 Å². The topological polar surface area (TPSA) is 94.7 Å². The van der Waals surface area contributed by atoms with Crippen molar-refractivity contribution in [2.75, 3.05) is 25.0 Å². The van der Waals surface area contributed by atoms with E-state index in [0.29, 0.717) is 25.1 Å². The lowest BCUT2D eigenvalue weighted by Gasteiger charge is -2.24. The minimum Gasteiger partial charge on any atom is -0.356 e. The number of carbonyl (C=O) groups excluding carboxylic acids is 1. The molecule has 2 aromatic heterocycles. The third-order valence-corrected chi connectivity index (χ3v) is 5.06. The predicted octanol–water partition coefficient (Wildman–Crippen LogP) is 2.50. The van der Waals surface area contributed by atoms with Gasteiger partial charge in [0, 0.05) is 37.1 Å². The highest BCUT2D eigenvalue weighted by Gasteiger charge is 2.37. The highest BCUT2D eigenvalue weighted by Crippen LogP contribution is 2.38. The number of carbonyl (C=O) groups is 1. The second kappa shape index (κ2) is 7.86. The van der Waals surface area contributed by atoms with Gasteiger partial charge in [0.15, 0.2) is 0 Å². The molecule has 0 spiro atoms. The van der Waals surface area contributed by atoms with E-state index in [9.17, 15) is 18.0 Å². The number of amides is 1. The summed E-state index contributed by atoms with van der Waals surface area (Å²) in [6.45, 7) is 1.99. The van der Waals surface area contributed by atoms with Gasteiger partial charge >= 0.3 is 6.18 Å². The van der Waals surface area contributed by atoms with Gasteiger partial charge in [-0.25, -0.2) is 9.97 Å². The first-order chi connectivity index (χ1) is 13.9. The Balaban J connectivity index is 1.77. The molecule has 4 heterocycles. The molecule has 1 unspecified atom stereocenters. The van der Waals surface area contributed by atoms with Crippen molar-refractivity contribution in [2.45, 2.75) is 31.5 Å². The third-order valence-electron chi connectivity index (χ3n) is 5.06. The number of aromatic nitrogens is 3. The highest BCUT2D eigenvalue weighted by atomic mass is 19.4. The third kappa shape index (κ3) is 4.12. The van der Waals surface area contributed by atoms with E-state index in [1.165, 1.54) is 6.20 Å². The van der Waals surface area contributed by atoms with E-state index < -0.39 is 11.7 Å². The summed E-state index contributed by atoms with van der Waals surface area (Å²) in [5.74, 6) is -0.215. The Morgan fingerprint density at radius 3 is 2.86 bits per heavy atom. The first-order valence-corrected chi connectivity index (χ1v) is 9.49. The molecule has 1 fully saturated rings. The van der Waals surface area contributed by atoms with Gasteiger partial charge in [-0.3, -0.25) is 4.79 Å². The summed E-state index contributed by atoms with van der Waals surface area (Å²) in [7, 11) is 0. The zero-order valence-corrected chi connectivity index (χ0v) is 15.6. The summed E-state index contributed by atoms with van der Waals surface area (Å²) in [4.78, 5) is 23.2. The maximum absolute atomic E-state index is 13.7. The minimum atomic E-state index is -4.62. The van der Waals surface area contributed by atoms with Crippen molar-refractivity contribution < 1.29 is 18.0 Å². The first kappa shape index (κ1) is 19.4. The average molecular weight is 406 g/mol. The number of halogens is 3. The van der Waals surface area contributed by atoms with Crippen molar-refractivity contribution in [3.8, 4) is 11.3 Å². The molecule has 2 aliphatic rings. The smallest absolute Gasteiger partial charge is 0.356 e. The lowest BCUT2D eigenvalue weighted by molar-refractivity contribution is -0.137. The Morgan fingerprint density at radius 1 is 1.24 bits per heavy atom. The van der Waals surface area contributed by atoms with Crippen LogP contribution in [0.25, 0.3) is 11.3 Å². The predicted molar refractivity (Wildman–Crippen MR) is 102 cm³/mol. The highest BCUT2D eigenvalue weighted by molar-refractivity contribution is 5.96. The molecular weight excluding hydrogens is 385 g/mol. The number of aromatic amines is 1. The van der Waals surface area contributed by atoms with Gasteiger partial charge in [-0.05, 0) is 31.4 Å². The average Bonchev–Trinajstić information content (AvgIpc) is 3.09. The van der Waals surface area contributed by atoms with Crippen molar-refractivity contribution in [1.82, 2.24) is 25.6 Å². The van der Waals surface area contributed by atoms with E-state index in [-0.39, 0.29) is 34.8 Å². The largest absolute Gasteiger partial charge is 0.419 e. The fraction of sp³-hybridized carbons (Fsp3) is 0.421. The van der Waals surface area contributed by atoms with Crippen molar-refractivity contribution in [3.05, 3.63) is 41.4 Å². The molecular formula is C19H21F3N6O. The van der Waals surface area contributed by atoms with E-state index in [1.807, 2.05) is 6.08 Å². The van der Waals surface area contributed by atoms with Gasteiger partial charge in [0.25, 0.3) is 5.91 Å². The van der Waals surface area contributed by atoms with Crippen LogP contribution in [0.1, 0.15) is 34.5 Å². The summed E-state index contributed by atoms with van der Waals surface area (Å²) in [6.07, 6.45) is 3.37. The maximum atomic E-state index is 13.7. The Morgan fingerprint density at radius 2 is 2.10 bits per heavy atom. The number of anilines is 1. The van der Waals surface area contributed by atoms with Crippen LogP contribution in [0.15, 0.2) is 24.5 Å². The van der Waals surface area contributed by atoms with Gasteiger partial charge in [0.1, 0.15) is 11.3 Å². The van der Waals surface area contributed by atoms with Crippen LogP contribution in [-0.2, 0) is 12.6 Å². The fourth-order valence-corrected chi connectivity index (χ4v) is 3.63. The van der Waals surface area contributed by atoms with E-state index in [1.54, 1.807) is 6.08 Å². The number of rotatable bonds is 3. The molecule has 4 rings (SSSR count). The zero-order chi connectivity index (χ0) is 20.4. The molecule has 10 heteroatoms. The SMILES string of the molecule is O=C1NC/C=C\Cc2c(-c3nc(NC4CCCNC4)ncc3C(F)(F)F)c[nH]c21. The molecule has 0 radical (unpaired) electrons. The van der Waals surface area contributed by atoms with E-state index in [0.717, 1.165) is 25.6 Å². The van der Waals surface area contributed by atoms with Gasteiger partial charge in [-0.15, -0.1) is 0 Å². The molecule has 7 nitrogen and oxygen atoms in total. The number of hydrogen-bond donors (Lipinski definition) is 4. The van der Waals surface area contributed by atoms with Crippen LogP contribution in [0, 0.1) is 0 Å². The normalized spacial score (nSPS) is 20.9. The molecule has 1 saturated heterocycles. The van der Waals surface area contributed by atoms with Crippen molar-refractivity contribution in [2.24, 2.45) is 0 Å². The van der Waals surface area contributed by atoms with Gasteiger partial charge in [0.2, 0.25) is 5.95 Å². The van der Waals surface area contributed by atoms with Crippen LogP contribution in [-0.4, -0.2) is 46.5 Å². The molecule has 29 heavy (non-hydrogen) atoms. The number of nitrogens with one attached hydrogen (secondary N) is 4. The summed E-state index contributed by atoms with van der Waals surface area (Å²) in [5.41, 5.74) is -0.188. The molecule has 1 amide bonds. The number of hydrogen-bond acceptors (Lipinski definition) is 5. The van der Waals surface area contributed by atoms with Crippen molar-refractivity contribution >= 4 is 11.9 Å². The molecule has 154 valence electrons. The molecule has 2 aromatic rings. The summed E-state index contributed by atoms with van der Waals surface area (Å²) in [6, 6.07) is 0.0499. The van der Waals surface area contributed by atoms with E-state index in [4.69, 9.17) is 0 Å². The summed E-state index contributed by atoms with van der Waals surface area (Å²) in [5, 5.41) is 9.04. The number of alkyl halides is 3. The molecule has 1 atom stereocenters. The molecule has 2 aliphatic heterocycles. The van der Waals surface area contributed by atoms with Crippen LogP contribution in [0.4, 0.5) is 19.1 Å². The second-order valence-electron chi connectivity index (χ2n) is 7.08. The van der Waals surface area contributed by atoms with Crippen LogP contribution in [0.3, 0.4) is 0 Å². The Hall–Kier alpha value is -2.88. The van der Waals surface area contributed by atoms with Crippen LogP contribution >= 0.6 is 0 Å². The molecule has 4 N–H and O–H groups in total. The van der Waals surface area contributed by atoms with Gasteiger partial charge in [0.05, 0.1) is 5.69 Å². The van der Waals surface area contributed by atoms with Crippen LogP contribution < -0.4 is 16.0 Å². The van der Waals surface area contributed by atoms with E-state index >= 15 is 0 Å². The minimum absolute atomic E-state index is 0.0499. The fourth-order valence-electron chi connectivity index (χ4n) is 3.63. The molecule has 0 bridgehead atoms. The number of nitrogens with zero attached hydrogens (tertiary/aromatic N) is 2. The number of allylic oxidation sites excluding steroid dienone is 1. The molecule has 0 aliphatic carbocycles. The molecule has 0 saturated carbocycles. The summed E-state index contributed by atoms with van der Waals surface area (Å²) < 4.78 is 41.0. The first-order valence-electron chi connectivity index (χ1n) is 9.49. The standard InChI is InChI=1S/C19H21F3N6O/c20-19(21,22)14-10-26-18(27-11-4-3-6-23-8-11)28-15(14)13-9-25-16-12(13)5-1-2-7-24-17(16)29/h1-2,9-11,23,25H,3-8H2,(H,24,29)(H,26,27,28)/b2-1-. The lowest BCUT2D eigenvalue weighted by atomic mass is 10.00. The van der Waals surface area contributed by atoms with Gasteiger partial charge < -0.3 is 20.9 Å². The zero-order valence-electron chi connectivity index (χ0n) is 15.6. The van der Waals surface area contributed by atoms with Gasteiger partial charge in [-0.1, -0.05) is 12.2 Å². The molecule has 0 aromatic carbocycles. The number of fused-ring (bicyclic) bond motifs is 1. The summed E-state index contributed by atoms with van der Waals surface area (Å²) >= 11 is 0. The maximum Gasteiger partial charge on any atom is 0.419 e. The Labute approximate surface area is 165 Å².